The second-order valence-corrected chi connectivity index (χ2v) is 15.5. The summed E-state index contributed by atoms with van der Waals surface area (Å²) in [6, 6.07) is 71.3. The Bertz CT molecular complexity index is 3620. The Balaban J connectivity index is 1.13. The number of hydrogen-bond acceptors (Lipinski definition) is 3. The number of hydrogen-bond donors (Lipinski definition) is 0. The summed E-state index contributed by atoms with van der Waals surface area (Å²) in [5.74, 6) is 1.93. The van der Waals surface area contributed by atoms with Crippen LogP contribution in [-0.2, 0) is 0 Å². The summed E-state index contributed by atoms with van der Waals surface area (Å²) in [5.41, 5.74) is 14.9. The van der Waals surface area contributed by atoms with Crippen LogP contribution in [0.4, 0.5) is 0 Å². The first-order chi connectivity index (χ1) is 29.8. The molecule has 9 aromatic carbocycles. The summed E-state index contributed by atoms with van der Waals surface area (Å²) < 4.78 is 4.98. The fourth-order valence-electron chi connectivity index (χ4n) is 9.79. The van der Waals surface area contributed by atoms with Crippen molar-refractivity contribution in [3.63, 3.8) is 0 Å². The Labute approximate surface area is 345 Å². The molecule has 0 bridgehead atoms. The lowest BCUT2D eigenvalue weighted by atomic mass is 9.94. The van der Waals surface area contributed by atoms with Gasteiger partial charge in [0.2, 0.25) is 0 Å². The van der Waals surface area contributed by atoms with E-state index in [4.69, 9.17) is 15.0 Å². The third kappa shape index (κ3) is 4.66. The standard InChI is InChI=1S/C55H33N5/c1-4-16-35(17-5-1)53-56-54(36-18-6-2-7-19-36)58-55(57-53)37-30-32-39(33-31-37)60-44-28-12-10-24-40(44)48-47-42-26-14-20-34-21-15-27-43(46(34)42)49(47)52-50(51(48)60)41-25-11-13-29-45(41)59(52)38-22-8-3-9-23-38/h1-33H. The molecule has 5 nitrogen and oxygen atoms in total. The maximum absolute atomic E-state index is 5.04. The van der Waals surface area contributed by atoms with Gasteiger partial charge in [-0.3, -0.25) is 0 Å². The maximum Gasteiger partial charge on any atom is 0.164 e. The smallest absolute Gasteiger partial charge is 0.164 e. The van der Waals surface area contributed by atoms with Crippen molar-refractivity contribution in [1.29, 1.82) is 0 Å². The average molecular weight is 764 g/mol. The molecule has 60 heavy (non-hydrogen) atoms. The zero-order valence-corrected chi connectivity index (χ0v) is 32.3. The highest BCUT2D eigenvalue weighted by atomic mass is 15.0. The largest absolute Gasteiger partial charge is 0.309 e. The first-order valence-corrected chi connectivity index (χ1v) is 20.4. The number of fused-ring (bicyclic) bond motifs is 12. The molecule has 0 atom stereocenters. The molecule has 0 fully saturated rings. The highest BCUT2D eigenvalue weighted by molar-refractivity contribution is 6.38. The second-order valence-electron chi connectivity index (χ2n) is 15.5. The van der Waals surface area contributed by atoms with Crippen molar-refractivity contribution in [2.75, 3.05) is 0 Å². The molecule has 0 radical (unpaired) electrons. The maximum atomic E-state index is 5.04. The number of rotatable bonds is 5. The van der Waals surface area contributed by atoms with Gasteiger partial charge < -0.3 is 9.13 Å². The fraction of sp³-hybridized carbons (Fsp3) is 0. The van der Waals surface area contributed by atoms with E-state index in [1.807, 2.05) is 60.7 Å². The molecule has 278 valence electrons. The predicted octanol–water partition coefficient (Wildman–Crippen LogP) is 13.9. The van der Waals surface area contributed by atoms with Gasteiger partial charge in [-0.05, 0) is 70.4 Å². The molecule has 0 unspecified atom stereocenters. The predicted molar refractivity (Wildman–Crippen MR) is 247 cm³/mol. The van der Waals surface area contributed by atoms with E-state index in [0.29, 0.717) is 17.5 Å². The van der Waals surface area contributed by atoms with E-state index in [2.05, 4.69) is 149 Å². The van der Waals surface area contributed by atoms with Gasteiger partial charge in [0.1, 0.15) is 0 Å². The molecule has 12 aromatic rings. The molecule has 1 aliphatic rings. The van der Waals surface area contributed by atoms with Gasteiger partial charge in [0, 0.05) is 60.7 Å². The van der Waals surface area contributed by atoms with Crippen LogP contribution in [-0.4, -0.2) is 24.1 Å². The number of nitrogens with zero attached hydrogens (tertiary/aromatic N) is 5. The second kappa shape index (κ2) is 12.7. The summed E-state index contributed by atoms with van der Waals surface area (Å²) in [7, 11) is 0. The SMILES string of the molecule is c1ccc(-c2nc(-c3ccccc3)nc(-c3ccc(-n4c5ccccc5c5c6c(c7c(c8ccccc8n7-c7ccccc7)c54)-c4cccc5cccc-6c45)cc3)n2)cc1. The first-order valence-electron chi connectivity index (χ1n) is 20.4. The van der Waals surface area contributed by atoms with E-state index >= 15 is 0 Å². The van der Waals surface area contributed by atoms with Crippen LogP contribution >= 0.6 is 0 Å². The van der Waals surface area contributed by atoms with Gasteiger partial charge in [0.25, 0.3) is 0 Å². The van der Waals surface area contributed by atoms with Crippen molar-refractivity contribution in [1.82, 2.24) is 24.1 Å². The summed E-state index contributed by atoms with van der Waals surface area (Å²) in [6.45, 7) is 0. The van der Waals surface area contributed by atoms with Gasteiger partial charge in [-0.2, -0.15) is 0 Å². The zero-order valence-electron chi connectivity index (χ0n) is 32.3. The van der Waals surface area contributed by atoms with Crippen molar-refractivity contribution in [3.8, 4) is 67.8 Å². The molecule has 3 heterocycles. The Hall–Kier alpha value is -8.15. The normalized spacial score (nSPS) is 12.0. The van der Waals surface area contributed by atoms with E-state index in [9.17, 15) is 0 Å². The third-order valence-corrected chi connectivity index (χ3v) is 12.3. The molecule has 0 amide bonds. The fourth-order valence-corrected chi connectivity index (χ4v) is 9.79. The van der Waals surface area contributed by atoms with Crippen LogP contribution in [0.15, 0.2) is 200 Å². The molecule has 0 spiro atoms. The van der Waals surface area contributed by atoms with Crippen LogP contribution in [0.1, 0.15) is 0 Å². The van der Waals surface area contributed by atoms with Crippen LogP contribution in [0.2, 0.25) is 0 Å². The van der Waals surface area contributed by atoms with E-state index in [-0.39, 0.29) is 0 Å². The van der Waals surface area contributed by atoms with Crippen molar-refractivity contribution in [2.45, 2.75) is 0 Å². The van der Waals surface area contributed by atoms with Crippen LogP contribution in [0.3, 0.4) is 0 Å². The Morgan fingerprint density at radius 3 is 1.33 bits per heavy atom. The molecule has 1 aliphatic carbocycles. The Kier molecular flexibility index (Phi) is 6.95. The monoisotopic (exact) mass is 763 g/mol. The molecule has 0 N–H and O–H groups in total. The minimum absolute atomic E-state index is 0.633. The molecule has 13 rings (SSSR count). The van der Waals surface area contributed by atoms with Crippen molar-refractivity contribution >= 4 is 54.4 Å². The lowest BCUT2D eigenvalue weighted by Crippen LogP contribution is -2.00. The number of para-hydroxylation sites is 3. The molecule has 5 heteroatoms. The average Bonchev–Trinajstić information content (AvgIpc) is 3.97. The highest BCUT2D eigenvalue weighted by Crippen LogP contribution is 2.57. The van der Waals surface area contributed by atoms with Crippen molar-refractivity contribution in [3.05, 3.63) is 200 Å². The van der Waals surface area contributed by atoms with Gasteiger partial charge in [0.15, 0.2) is 17.5 Å². The minimum atomic E-state index is 0.633. The van der Waals surface area contributed by atoms with Gasteiger partial charge in [0.05, 0.1) is 22.1 Å². The van der Waals surface area contributed by atoms with Crippen molar-refractivity contribution in [2.24, 2.45) is 0 Å². The highest BCUT2D eigenvalue weighted by Gasteiger charge is 2.33. The van der Waals surface area contributed by atoms with Gasteiger partial charge >= 0.3 is 0 Å². The Morgan fingerprint density at radius 1 is 0.300 bits per heavy atom. The molecular formula is C55H33N5. The Morgan fingerprint density at radius 2 is 0.750 bits per heavy atom. The lowest BCUT2D eigenvalue weighted by Gasteiger charge is -2.15. The van der Waals surface area contributed by atoms with Gasteiger partial charge in [-0.15, -0.1) is 0 Å². The third-order valence-electron chi connectivity index (χ3n) is 12.3. The molecule has 0 saturated carbocycles. The summed E-state index contributed by atoms with van der Waals surface area (Å²) in [5, 5.41) is 7.54. The van der Waals surface area contributed by atoms with Gasteiger partial charge in [-0.25, -0.2) is 15.0 Å². The lowest BCUT2D eigenvalue weighted by molar-refractivity contribution is 1.07. The van der Waals surface area contributed by atoms with E-state index < -0.39 is 0 Å². The topological polar surface area (TPSA) is 48.5 Å². The van der Waals surface area contributed by atoms with Crippen molar-refractivity contribution < 1.29 is 0 Å². The first kappa shape index (κ1) is 32.9. The molecule has 0 saturated heterocycles. The summed E-state index contributed by atoms with van der Waals surface area (Å²) >= 11 is 0. The number of benzene rings is 9. The molecular weight excluding hydrogens is 731 g/mol. The van der Waals surface area contributed by atoms with Crippen LogP contribution in [0, 0.1) is 0 Å². The van der Waals surface area contributed by atoms with Gasteiger partial charge in [-0.1, -0.05) is 152 Å². The number of aromatic nitrogens is 5. The zero-order chi connectivity index (χ0) is 39.3. The quantitative estimate of drug-likeness (QED) is 0.175. The van der Waals surface area contributed by atoms with Crippen LogP contribution in [0.5, 0.6) is 0 Å². The molecule has 3 aromatic heterocycles. The van der Waals surface area contributed by atoms with E-state index in [0.717, 1.165) is 33.6 Å². The summed E-state index contributed by atoms with van der Waals surface area (Å²) in [6.07, 6.45) is 0. The van der Waals surface area contributed by atoms with Crippen LogP contribution < -0.4 is 0 Å². The minimum Gasteiger partial charge on any atom is -0.309 e. The summed E-state index contributed by atoms with van der Waals surface area (Å²) in [4.78, 5) is 15.0. The van der Waals surface area contributed by atoms with Crippen LogP contribution in [0.25, 0.3) is 122 Å². The molecule has 0 aliphatic heterocycles. The van der Waals surface area contributed by atoms with E-state index in [1.54, 1.807) is 0 Å². The van der Waals surface area contributed by atoms with E-state index in [1.165, 1.54) is 71.1 Å².